The molecule has 1 aromatic rings. The van der Waals surface area contributed by atoms with Crippen LogP contribution in [0.4, 0.5) is 0 Å². The van der Waals surface area contributed by atoms with Gasteiger partial charge in [0.1, 0.15) is 6.04 Å². The summed E-state index contributed by atoms with van der Waals surface area (Å²) < 4.78 is 0. The van der Waals surface area contributed by atoms with Crippen molar-refractivity contribution in [3.05, 3.63) is 21.9 Å². The van der Waals surface area contributed by atoms with E-state index in [1.165, 1.54) is 11.3 Å². The van der Waals surface area contributed by atoms with Crippen molar-refractivity contribution in [1.82, 2.24) is 4.90 Å². The van der Waals surface area contributed by atoms with Gasteiger partial charge >= 0.3 is 5.97 Å². The molecule has 4 heteroatoms. The molecule has 3 nitrogen and oxygen atoms in total. The summed E-state index contributed by atoms with van der Waals surface area (Å²) in [6, 6.07) is 2.02. The van der Waals surface area contributed by atoms with Gasteiger partial charge in [0.2, 0.25) is 0 Å². The molecule has 2 heterocycles. The van der Waals surface area contributed by atoms with Crippen molar-refractivity contribution in [2.24, 2.45) is 5.41 Å². The quantitative estimate of drug-likeness (QED) is 0.903. The van der Waals surface area contributed by atoms with Crippen LogP contribution in [0.5, 0.6) is 0 Å². The number of rotatable bonds is 2. The molecule has 1 fully saturated rings. The second-order valence-corrected chi connectivity index (χ2v) is 7.59. The Hall–Kier alpha value is -0.870. The largest absolute Gasteiger partial charge is 0.480 e. The van der Waals surface area contributed by atoms with Gasteiger partial charge in [-0.3, -0.25) is 9.69 Å². The highest BCUT2D eigenvalue weighted by Crippen LogP contribution is 2.44. The maximum atomic E-state index is 11.7. The van der Waals surface area contributed by atoms with Gasteiger partial charge in [-0.25, -0.2) is 0 Å². The summed E-state index contributed by atoms with van der Waals surface area (Å²) in [6.45, 7) is 5.48. The molecular weight excluding hydrogens is 258 g/mol. The number of aliphatic carboxylic acids is 1. The van der Waals surface area contributed by atoms with Crippen LogP contribution in [0.25, 0.3) is 0 Å². The molecule has 1 aliphatic carbocycles. The van der Waals surface area contributed by atoms with E-state index in [-0.39, 0.29) is 0 Å². The Morgan fingerprint density at radius 1 is 1.53 bits per heavy atom. The lowest BCUT2D eigenvalue weighted by Crippen LogP contribution is -2.44. The first-order valence-corrected chi connectivity index (χ1v) is 7.91. The summed E-state index contributed by atoms with van der Waals surface area (Å²) in [5.74, 6) is -0.691. The highest BCUT2D eigenvalue weighted by Gasteiger charge is 2.42. The summed E-state index contributed by atoms with van der Waals surface area (Å²) in [4.78, 5) is 15.2. The summed E-state index contributed by atoms with van der Waals surface area (Å²) in [7, 11) is 0. The number of thiophene rings is 1. The maximum Gasteiger partial charge on any atom is 0.325 e. The molecule has 0 bridgehead atoms. The molecule has 1 aromatic heterocycles. The molecule has 104 valence electrons. The molecule has 1 saturated carbocycles. The Labute approximate surface area is 118 Å². The first-order chi connectivity index (χ1) is 8.98. The summed E-state index contributed by atoms with van der Waals surface area (Å²) >= 11 is 1.70. The zero-order chi connectivity index (χ0) is 13.6. The van der Waals surface area contributed by atoms with Crippen LogP contribution in [-0.2, 0) is 11.2 Å². The lowest BCUT2D eigenvalue weighted by molar-refractivity contribution is -0.145. The molecule has 0 spiro atoms. The zero-order valence-corrected chi connectivity index (χ0v) is 12.4. The number of carbonyl (C=O) groups is 1. The summed E-state index contributed by atoms with van der Waals surface area (Å²) in [5, 5.41) is 11.7. The van der Waals surface area contributed by atoms with Gasteiger partial charge in [-0.2, -0.15) is 0 Å². The molecule has 0 amide bonds. The van der Waals surface area contributed by atoms with Crippen molar-refractivity contribution < 1.29 is 9.90 Å². The average molecular weight is 279 g/mol. The number of hydrogen-bond acceptors (Lipinski definition) is 3. The Kier molecular flexibility index (Phi) is 3.18. The number of fused-ring (bicyclic) bond motifs is 1. The Balaban J connectivity index is 1.88. The second kappa shape index (κ2) is 4.60. The van der Waals surface area contributed by atoms with E-state index < -0.39 is 12.0 Å². The van der Waals surface area contributed by atoms with Crippen molar-refractivity contribution in [3.8, 4) is 0 Å². The fraction of sp³-hybridized carbons (Fsp3) is 0.667. The molecule has 1 N–H and O–H groups in total. The molecule has 3 rings (SSSR count). The van der Waals surface area contributed by atoms with Crippen LogP contribution < -0.4 is 0 Å². The molecular formula is C15H21NO2S. The van der Waals surface area contributed by atoms with Crippen molar-refractivity contribution in [3.63, 3.8) is 0 Å². The minimum absolute atomic E-state index is 0.364. The molecule has 0 radical (unpaired) electrons. The Morgan fingerprint density at radius 3 is 2.95 bits per heavy atom. The molecule has 0 aromatic carbocycles. The highest BCUT2D eigenvalue weighted by atomic mass is 32.1. The van der Waals surface area contributed by atoms with E-state index in [9.17, 15) is 9.90 Å². The number of hydrogen-bond donors (Lipinski definition) is 1. The van der Waals surface area contributed by atoms with Gasteiger partial charge in [0.05, 0.1) is 0 Å². The molecule has 1 aliphatic heterocycles. The van der Waals surface area contributed by atoms with Gasteiger partial charge in [-0.1, -0.05) is 13.8 Å². The van der Waals surface area contributed by atoms with Crippen LogP contribution in [0.15, 0.2) is 11.4 Å². The molecule has 2 aliphatic rings. The van der Waals surface area contributed by atoms with Crippen LogP contribution in [-0.4, -0.2) is 28.6 Å². The van der Waals surface area contributed by atoms with Crippen LogP contribution in [0, 0.1) is 5.41 Å². The van der Waals surface area contributed by atoms with Gasteiger partial charge in [-0.15, -0.1) is 11.3 Å². The minimum atomic E-state index is -0.691. The monoisotopic (exact) mass is 279 g/mol. The molecule has 2 unspecified atom stereocenters. The van der Waals surface area contributed by atoms with Crippen LogP contribution in [0.2, 0.25) is 0 Å². The first-order valence-electron chi connectivity index (χ1n) is 7.03. The average Bonchev–Trinajstić information content (AvgIpc) is 2.93. The molecule has 19 heavy (non-hydrogen) atoms. The number of nitrogens with zero attached hydrogens (tertiary/aromatic N) is 1. The van der Waals surface area contributed by atoms with E-state index in [0.29, 0.717) is 11.5 Å². The van der Waals surface area contributed by atoms with Crippen LogP contribution >= 0.6 is 11.3 Å². The van der Waals surface area contributed by atoms with Crippen molar-refractivity contribution >= 4 is 17.3 Å². The highest BCUT2D eigenvalue weighted by molar-refractivity contribution is 7.10. The second-order valence-electron chi connectivity index (χ2n) is 6.59. The Bertz CT molecular complexity index is 494. The fourth-order valence-electron chi connectivity index (χ4n) is 3.69. The fourth-order valence-corrected chi connectivity index (χ4v) is 4.59. The van der Waals surface area contributed by atoms with E-state index in [2.05, 4.69) is 18.7 Å². The van der Waals surface area contributed by atoms with E-state index in [4.69, 9.17) is 0 Å². The summed E-state index contributed by atoms with van der Waals surface area (Å²) in [5.41, 5.74) is 1.40. The third kappa shape index (κ3) is 2.32. The molecule has 0 saturated heterocycles. The lowest BCUT2D eigenvalue weighted by atomic mass is 9.90. The van der Waals surface area contributed by atoms with Gasteiger partial charge < -0.3 is 5.11 Å². The maximum absolute atomic E-state index is 11.7. The van der Waals surface area contributed by atoms with Crippen LogP contribution in [0.3, 0.4) is 0 Å². The predicted octanol–water partition coefficient (Wildman–Crippen LogP) is 3.31. The van der Waals surface area contributed by atoms with E-state index in [0.717, 1.165) is 31.4 Å². The normalized spacial score (nSPS) is 30.2. The minimum Gasteiger partial charge on any atom is -0.480 e. The van der Waals surface area contributed by atoms with Gasteiger partial charge in [0.25, 0.3) is 0 Å². The summed E-state index contributed by atoms with van der Waals surface area (Å²) in [6.07, 6.45) is 4.47. The standard InChI is InChI=1S/C15H21NO2S/c1-15(2)6-3-10(9-15)16-7-4-12-11(5-8-19-12)13(16)14(17)18/h5,8,10,13H,3-4,6-7,9H2,1-2H3,(H,17,18). The van der Waals surface area contributed by atoms with Gasteiger partial charge in [0, 0.05) is 17.5 Å². The Morgan fingerprint density at radius 2 is 2.32 bits per heavy atom. The predicted molar refractivity (Wildman–Crippen MR) is 76.5 cm³/mol. The van der Waals surface area contributed by atoms with Crippen LogP contribution in [0.1, 0.15) is 49.6 Å². The first kappa shape index (κ1) is 13.1. The van der Waals surface area contributed by atoms with E-state index in [1.807, 2.05) is 11.4 Å². The van der Waals surface area contributed by atoms with Crippen molar-refractivity contribution in [2.45, 2.75) is 51.6 Å². The molecule has 2 atom stereocenters. The smallest absolute Gasteiger partial charge is 0.325 e. The zero-order valence-electron chi connectivity index (χ0n) is 11.6. The van der Waals surface area contributed by atoms with E-state index >= 15 is 0 Å². The third-order valence-corrected chi connectivity index (χ3v) is 5.65. The topological polar surface area (TPSA) is 40.5 Å². The SMILES string of the molecule is CC1(C)CCC(N2CCc3sccc3C2C(=O)O)C1. The van der Waals surface area contributed by atoms with Gasteiger partial charge in [0.15, 0.2) is 0 Å². The number of carboxylic acids is 1. The van der Waals surface area contributed by atoms with Crippen molar-refractivity contribution in [1.29, 1.82) is 0 Å². The third-order valence-electron chi connectivity index (χ3n) is 4.65. The van der Waals surface area contributed by atoms with Gasteiger partial charge in [-0.05, 0) is 48.1 Å². The van der Waals surface area contributed by atoms with Crippen molar-refractivity contribution in [2.75, 3.05) is 6.54 Å². The van der Waals surface area contributed by atoms with E-state index in [1.54, 1.807) is 11.3 Å². The lowest BCUT2D eigenvalue weighted by Gasteiger charge is -2.38. The number of carboxylic acid groups (broad SMARTS) is 1.